The molecular formula is C15H22ClN3O. The summed E-state index contributed by atoms with van der Waals surface area (Å²) in [5, 5.41) is 3.43. The number of nitrogens with two attached hydrogens (primary N) is 1. The normalized spacial score (nSPS) is 19.5. The molecule has 3 N–H and O–H groups in total. The fraction of sp³-hybridized carbons (Fsp3) is 0.533. The van der Waals surface area contributed by atoms with Crippen molar-refractivity contribution in [3.05, 3.63) is 23.2 Å². The molecule has 0 aromatic heterocycles. The number of benzene rings is 1. The van der Waals surface area contributed by atoms with E-state index in [-0.39, 0.29) is 5.91 Å². The van der Waals surface area contributed by atoms with Crippen molar-refractivity contribution in [1.82, 2.24) is 4.90 Å². The van der Waals surface area contributed by atoms with Gasteiger partial charge < -0.3 is 11.1 Å². The minimum absolute atomic E-state index is 0.0217. The van der Waals surface area contributed by atoms with E-state index < -0.39 is 0 Å². The Morgan fingerprint density at radius 1 is 1.55 bits per heavy atom. The van der Waals surface area contributed by atoms with Gasteiger partial charge in [-0.3, -0.25) is 9.69 Å². The summed E-state index contributed by atoms with van der Waals surface area (Å²) >= 11 is 5.84. The van der Waals surface area contributed by atoms with Gasteiger partial charge in [0, 0.05) is 11.1 Å². The summed E-state index contributed by atoms with van der Waals surface area (Å²) in [6.45, 7) is 5.83. The minimum Gasteiger partial charge on any atom is -0.397 e. The average Bonchev–Trinajstić information content (AvgIpc) is 2.81. The van der Waals surface area contributed by atoms with Gasteiger partial charge in [0.1, 0.15) is 0 Å². The zero-order valence-corrected chi connectivity index (χ0v) is 12.8. The quantitative estimate of drug-likeness (QED) is 0.840. The fourth-order valence-corrected chi connectivity index (χ4v) is 3.01. The molecule has 1 amide bonds. The highest BCUT2D eigenvalue weighted by Gasteiger charge is 2.28. The molecule has 1 saturated heterocycles. The fourth-order valence-electron chi connectivity index (χ4n) is 2.82. The summed E-state index contributed by atoms with van der Waals surface area (Å²) in [7, 11) is 0. The monoisotopic (exact) mass is 295 g/mol. The first-order valence-electron chi connectivity index (χ1n) is 7.06. The molecule has 1 aliphatic rings. The maximum Gasteiger partial charge on any atom is 0.238 e. The van der Waals surface area contributed by atoms with Crippen LogP contribution in [0.25, 0.3) is 0 Å². The first-order chi connectivity index (χ1) is 9.47. The SMILES string of the molecule is CC(C)C1CCCN1CC(=O)Nc1ccc(Cl)cc1N. The van der Waals surface area contributed by atoms with E-state index in [0.717, 1.165) is 6.54 Å². The Balaban J connectivity index is 1.95. The number of hydrogen-bond acceptors (Lipinski definition) is 3. The highest BCUT2D eigenvalue weighted by molar-refractivity contribution is 6.31. The molecule has 1 aromatic rings. The maximum absolute atomic E-state index is 12.1. The zero-order chi connectivity index (χ0) is 14.7. The molecular weight excluding hydrogens is 274 g/mol. The molecule has 0 bridgehead atoms. The largest absolute Gasteiger partial charge is 0.397 e. The zero-order valence-electron chi connectivity index (χ0n) is 12.0. The van der Waals surface area contributed by atoms with E-state index in [1.807, 2.05) is 0 Å². The van der Waals surface area contributed by atoms with Gasteiger partial charge in [0.15, 0.2) is 0 Å². The van der Waals surface area contributed by atoms with Crippen LogP contribution < -0.4 is 11.1 Å². The van der Waals surface area contributed by atoms with Crippen molar-refractivity contribution in [2.75, 3.05) is 24.1 Å². The number of hydrogen-bond donors (Lipinski definition) is 2. The van der Waals surface area contributed by atoms with Crippen LogP contribution in [0.4, 0.5) is 11.4 Å². The van der Waals surface area contributed by atoms with E-state index >= 15 is 0 Å². The second-order valence-electron chi connectivity index (χ2n) is 5.70. The third kappa shape index (κ3) is 3.64. The number of nitrogens with zero attached hydrogens (tertiary/aromatic N) is 1. The topological polar surface area (TPSA) is 58.4 Å². The molecule has 0 radical (unpaired) electrons. The summed E-state index contributed by atoms with van der Waals surface area (Å²) < 4.78 is 0. The van der Waals surface area contributed by atoms with Gasteiger partial charge in [-0.25, -0.2) is 0 Å². The molecule has 1 heterocycles. The Bertz CT molecular complexity index is 490. The van der Waals surface area contributed by atoms with Gasteiger partial charge in [0.2, 0.25) is 5.91 Å². The Morgan fingerprint density at radius 2 is 2.30 bits per heavy atom. The lowest BCUT2D eigenvalue weighted by Crippen LogP contribution is -2.39. The van der Waals surface area contributed by atoms with Gasteiger partial charge in [-0.2, -0.15) is 0 Å². The summed E-state index contributed by atoms with van der Waals surface area (Å²) in [6.07, 6.45) is 2.34. The number of anilines is 2. The Kier molecular flexibility index (Phi) is 4.89. The first kappa shape index (κ1) is 15.1. The molecule has 0 aliphatic carbocycles. The number of carbonyl (C=O) groups is 1. The molecule has 0 spiro atoms. The lowest BCUT2D eigenvalue weighted by molar-refractivity contribution is -0.117. The maximum atomic E-state index is 12.1. The van der Waals surface area contributed by atoms with Crippen LogP contribution in [-0.4, -0.2) is 29.9 Å². The van der Waals surface area contributed by atoms with Crippen LogP contribution in [0.2, 0.25) is 5.02 Å². The minimum atomic E-state index is -0.0217. The van der Waals surface area contributed by atoms with Gasteiger partial charge >= 0.3 is 0 Å². The number of rotatable bonds is 4. The molecule has 1 aliphatic heterocycles. The third-order valence-electron chi connectivity index (χ3n) is 3.82. The smallest absolute Gasteiger partial charge is 0.238 e. The number of carbonyl (C=O) groups excluding carboxylic acids is 1. The molecule has 1 aromatic carbocycles. The lowest BCUT2D eigenvalue weighted by atomic mass is 10.0. The third-order valence-corrected chi connectivity index (χ3v) is 4.05. The van der Waals surface area contributed by atoms with E-state index in [4.69, 9.17) is 17.3 Å². The standard InChI is InChI=1S/C15H22ClN3O/c1-10(2)14-4-3-7-19(14)9-15(20)18-13-6-5-11(16)8-12(13)17/h5-6,8,10,14H,3-4,7,9,17H2,1-2H3,(H,18,20). The number of halogens is 1. The highest BCUT2D eigenvalue weighted by atomic mass is 35.5. The Morgan fingerprint density at radius 3 is 2.95 bits per heavy atom. The molecule has 2 rings (SSSR count). The molecule has 1 atom stereocenters. The summed E-state index contributed by atoms with van der Waals surface area (Å²) in [4.78, 5) is 14.4. The van der Waals surface area contributed by atoms with Crippen LogP contribution in [0.3, 0.4) is 0 Å². The predicted molar refractivity (Wildman–Crippen MR) is 83.9 cm³/mol. The summed E-state index contributed by atoms with van der Waals surface area (Å²) in [5.74, 6) is 0.553. The van der Waals surface area contributed by atoms with Crippen LogP contribution in [0.5, 0.6) is 0 Å². The van der Waals surface area contributed by atoms with Crippen LogP contribution in [0, 0.1) is 5.92 Å². The van der Waals surface area contributed by atoms with Crippen molar-refractivity contribution in [2.45, 2.75) is 32.7 Å². The summed E-state index contributed by atoms with van der Waals surface area (Å²) in [6, 6.07) is 5.60. The van der Waals surface area contributed by atoms with Crippen LogP contribution in [0.15, 0.2) is 18.2 Å². The van der Waals surface area contributed by atoms with Crippen molar-refractivity contribution < 1.29 is 4.79 Å². The Labute approximate surface area is 125 Å². The molecule has 4 nitrogen and oxygen atoms in total. The lowest BCUT2D eigenvalue weighted by Gasteiger charge is -2.26. The van der Waals surface area contributed by atoms with Gasteiger partial charge in [0.05, 0.1) is 17.9 Å². The first-order valence-corrected chi connectivity index (χ1v) is 7.44. The van der Waals surface area contributed by atoms with Crippen LogP contribution in [-0.2, 0) is 4.79 Å². The second-order valence-corrected chi connectivity index (χ2v) is 6.14. The molecule has 0 saturated carbocycles. The van der Waals surface area contributed by atoms with Gasteiger partial charge in [-0.15, -0.1) is 0 Å². The van der Waals surface area contributed by atoms with Crippen molar-refractivity contribution in [3.63, 3.8) is 0 Å². The van der Waals surface area contributed by atoms with Crippen molar-refractivity contribution >= 4 is 28.9 Å². The van der Waals surface area contributed by atoms with E-state index in [1.165, 1.54) is 12.8 Å². The van der Waals surface area contributed by atoms with Crippen LogP contribution >= 0.6 is 11.6 Å². The van der Waals surface area contributed by atoms with E-state index in [2.05, 4.69) is 24.1 Å². The molecule has 20 heavy (non-hydrogen) atoms. The Hall–Kier alpha value is -1.26. The molecule has 1 fully saturated rings. The molecule has 1 unspecified atom stereocenters. The van der Waals surface area contributed by atoms with Crippen molar-refractivity contribution in [3.8, 4) is 0 Å². The van der Waals surface area contributed by atoms with Crippen molar-refractivity contribution in [2.24, 2.45) is 5.92 Å². The van der Waals surface area contributed by atoms with Crippen LogP contribution in [0.1, 0.15) is 26.7 Å². The highest BCUT2D eigenvalue weighted by Crippen LogP contribution is 2.25. The van der Waals surface area contributed by atoms with Crippen molar-refractivity contribution in [1.29, 1.82) is 0 Å². The number of nitrogen functional groups attached to an aromatic ring is 1. The number of likely N-dealkylation sites (tertiary alicyclic amines) is 1. The average molecular weight is 296 g/mol. The van der Waals surface area contributed by atoms with Gasteiger partial charge in [-0.05, 0) is 43.5 Å². The van der Waals surface area contributed by atoms with E-state index in [1.54, 1.807) is 18.2 Å². The summed E-state index contributed by atoms with van der Waals surface area (Å²) in [5.41, 5.74) is 6.96. The van der Waals surface area contributed by atoms with Gasteiger partial charge in [-0.1, -0.05) is 25.4 Å². The predicted octanol–water partition coefficient (Wildman–Crippen LogP) is 2.98. The van der Waals surface area contributed by atoms with E-state index in [9.17, 15) is 4.79 Å². The van der Waals surface area contributed by atoms with E-state index in [0.29, 0.717) is 34.9 Å². The number of nitrogens with one attached hydrogen (secondary N) is 1. The molecule has 5 heteroatoms. The van der Waals surface area contributed by atoms with Gasteiger partial charge in [0.25, 0.3) is 0 Å². The second kappa shape index (κ2) is 6.46. The number of amides is 1. The molecule has 110 valence electrons.